The van der Waals surface area contributed by atoms with E-state index in [1.54, 1.807) is 32.1 Å². The lowest BCUT2D eigenvalue weighted by atomic mass is 9.03. The Balaban J connectivity index is 0.559. The maximum Gasteiger partial charge on any atom is -0.0312 e. The van der Waals surface area contributed by atoms with Crippen molar-refractivity contribution in [2.75, 3.05) is 0 Å². The van der Waals surface area contributed by atoms with Crippen molar-refractivity contribution in [3.63, 3.8) is 0 Å². The van der Waals surface area contributed by atoms with Gasteiger partial charge in [-0.1, -0.05) is 0 Å². The van der Waals surface area contributed by atoms with Crippen LogP contribution in [0.3, 0.4) is 0 Å². The highest BCUT2D eigenvalue weighted by molar-refractivity contribution is 5.50. The van der Waals surface area contributed by atoms with Gasteiger partial charge in [0.1, 0.15) is 0 Å². The van der Waals surface area contributed by atoms with Crippen molar-refractivity contribution in [2.45, 2.75) is 57.8 Å². The molecule has 0 bridgehead atoms. The van der Waals surface area contributed by atoms with E-state index in [-0.39, 0.29) is 0 Å². The predicted molar refractivity (Wildman–Crippen MR) is 377 cm³/mol. The molecule has 0 radical (unpaired) electrons. The Morgan fingerprint density at radius 1 is 0.0667 bits per heavy atom. The number of rotatable bonds is 0. The molecule has 49 saturated carbocycles. The Kier molecular flexibility index (Phi) is 5.78. The van der Waals surface area contributed by atoms with Gasteiger partial charge in [-0.25, -0.2) is 0 Å². The lowest BCUT2D eigenvalue weighted by Crippen LogP contribution is -2.98. The summed E-state index contributed by atoms with van der Waals surface area (Å²) in [6.07, 6.45) is 16.2. The molecule has 82 atom stereocenters. The van der Waals surface area contributed by atoms with Crippen molar-refractivity contribution in [2.24, 2.45) is 568 Å². The summed E-state index contributed by atoms with van der Waals surface area (Å²) in [6.45, 7) is 0. The van der Waals surface area contributed by atoms with E-state index in [2.05, 4.69) is 0 Å². The van der Waals surface area contributed by atoms with Crippen LogP contribution in [-0.2, 0) is 0 Å². The third-order valence-electron chi connectivity index (χ3n) is 66.5. The Bertz CT molecular complexity index is 4530. The minimum absolute atomic E-state index is 1.21. The van der Waals surface area contributed by atoms with Gasteiger partial charge in [0.2, 0.25) is 0 Å². The maximum atomic E-state index is 1.83. The Labute approximate surface area is 621 Å². The third kappa shape index (κ3) is 3.24. The van der Waals surface area contributed by atoms with E-state index in [0.717, 1.165) is 0 Å². The molecule has 49 aliphatic carbocycles. The second kappa shape index (κ2) is 12.5. The SMILES string of the molecule is C1C2CC3C2C2C4C1CC1CC5C1C4C1C4C5C5C4C4C6C1C2C1C3C2C1C6C1C3C2C2C3C3C6C1C4C1C5C4C1C6C1C5C4C4C6C7C8C9C%10C%11CCC%12CC%13CCC%14C%15C%13C%13C%12C%11C%10C%10C%13C%11C%15C%14C%12C%13C%11C%11C%10C9C8C8C%11C9C%13C%12C%10C%11C9C9C8C7C6C6C9C7C%11C%10C8C2C2C8C7C(C1C32)C6C45. The van der Waals surface area contributed by atoms with Crippen LogP contribution in [0.15, 0.2) is 0 Å². The summed E-state index contributed by atoms with van der Waals surface area (Å²) < 4.78 is 0. The van der Waals surface area contributed by atoms with Crippen molar-refractivity contribution in [1.82, 2.24) is 0 Å². The van der Waals surface area contributed by atoms with Gasteiger partial charge in [0.25, 0.3) is 0 Å². The molecule has 82 unspecified atom stereocenters. The van der Waals surface area contributed by atoms with Crippen LogP contribution >= 0.6 is 0 Å². The summed E-state index contributed by atoms with van der Waals surface area (Å²) in [6, 6.07) is 0. The topological polar surface area (TPSA) is 0 Å². The average Bonchev–Trinajstić information content (AvgIpc) is 0.584. The van der Waals surface area contributed by atoms with Gasteiger partial charge in [0.05, 0.1) is 0 Å². The first-order valence-corrected chi connectivity index (χ1v) is 52.4. The summed E-state index contributed by atoms with van der Waals surface area (Å²) in [5.74, 6) is 125. The van der Waals surface area contributed by atoms with Gasteiger partial charge in [0.15, 0.2) is 0 Å². The summed E-state index contributed by atoms with van der Waals surface area (Å²) in [5.41, 5.74) is 0. The summed E-state index contributed by atoms with van der Waals surface area (Å²) in [5, 5.41) is 0. The molecule has 0 aromatic rings. The van der Waals surface area contributed by atoms with Gasteiger partial charge in [-0.2, -0.15) is 0 Å². The van der Waals surface area contributed by atoms with Crippen molar-refractivity contribution >= 4 is 0 Å². The molecule has 0 aliphatic heterocycles. The van der Waals surface area contributed by atoms with E-state index < -0.39 is 0 Å². The number of fused-ring (bicyclic) bond motifs is 24. The molecule has 49 rings (SSSR count). The molecule has 0 spiro atoms. The highest BCUT2D eigenvalue weighted by atomic mass is 15.1. The second-order valence-corrected chi connectivity index (χ2v) is 59.0. The van der Waals surface area contributed by atoms with Crippen LogP contribution in [0.2, 0.25) is 0 Å². The van der Waals surface area contributed by atoms with Crippen molar-refractivity contribution in [3.8, 4) is 0 Å². The first kappa shape index (κ1) is 48.5. The molecule has 0 amide bonds. The van der Waals surface area contributed by atoms with Crippen LogP contribution < -0.4 is 0 Å². The van der Waals surface area contributed by atoms with Gasteiger partial charge in [-0.15, -0.1) is 0 Å². The standard InChI is InChI=1S/C105H114/c1-3-15-24-21-10(1)5-11-2-4-16-25-22(11)32(21)43-44-33(24)26(15)35-48-55(44)68-56-45(43)34(25)27(16)36-49(56)60-51(36)62-76-84-72(60)81(68)71-59(48)50(35)61-75-83(71)94(84)101-99-87(75)77(61)89-79-65-52-39-28-17-8-13-6-12-7-14-9-18-20(14)31-23(12)30(19(13)17)41-37(28)46(39)57-67-54(41)42(31)38-29(18)40-47(38)58(67)70-64-53(40)66-74(64)86-93-82(70)69(57)63(52)73(65)85(93)95-91(79)97(89)103(99)105-102(95)96(86)92-80(66)90-78(62)88(76)100(101)104(105)98(90)92/h10-105H,1-9H2. The molecular formula is C105H114. The van der Waals surface area contributed by atoms with E-state index >= 15 is 0 Å². The largest absolute Gasteiger partial charge is 0.0499 e. The Morgan fingerprint density at radius 2 is 0.181 bits per heavy atom. The molecular weight excluding hydrogens is 1260 g/mol. The number of hydrogen-bond donors (Lipinski definition) is 0. The molecule has 0 aromatic heterocycles. The van der Waals surface area contributed by atoms with Gasteiger partial charge >= 0.3 is 0 Å². The summed E-state index contributed by atoms with van der Waals surface area (Å²) in [7, 11) is 0. The van der Waals surface area contributed by atoms with E-state index in [9.17, 15) is 0 Å². The average molecular weight is 1380 g/mol. The quantitative estimate of drug-likeness (QED) is 0.227. The van der Waals surface area contributed by atoms with Gasteiger partial charge in [-0.3, -0.25) is 0 Å². The smallest absolute Gasteiger partial charge is 0.0312 e. The molecule has 0 heterocycles. The van der Waals surface area contributed by atoms with Crippen LogP contribution in [0.25, 0.3) is 0 Å². The van der Waals surface area contributed by atoms with Crippen LogP contribution in [0.1, 0.15) is 57.8 Å². The fourth-order valence-electron chi connectivity index (χ4n) is 73.2. The van der Waals surface area contributed by atoms with Gasteiger partial charge < -0.3 is 0 Å². The summed E-state index contributed by atoms with van der Waals surface area (Å²) in [4.78, 5) is 0. The van der Waals surface area contributed by atoms with Gasteiger partial charge in [-0.05, 0) is 626 Å². The molecule has 49 aliphatic rings. The maximum absolute atomic E-state index is 1.83. The second-order valence-electron chi connectivity index (χ2n) is 59.0. The zero-order valence-corrected chi connectivity index (χ0v) is 61.8. The fourth-order valence-corrected chi connectivity index (χ4v) is 73.2. The van der Waals surface area contributed by atoms with Crippen molar-refractivity contribution < 1.29 is 0 Å². The Hall–Kier alpha value is 0. The molecule has 0 heteroatoms. The molecule has 105 heavy (non-hydrogen) atoms. The third-order valence-corrected chi connectivity index (χ3v) is 66.5. The van der Waals surface area contributed by atoms with E-state index in [1.165, 1.54) is 568 Å². The lowest BCUT2D eigenvalue weighted by molar-refractivity contribution is -0.545. The van der Waals surface area contributed by atoms with Crippen LogP contribution in [0.4, 0.5) is 0 Å². The molecule has 534 valence electrons. The van der Waals surface area contributed by atoms with Crippen LogP contribution in [0.5, 0.6) is 0 Å². The lowest BCUT2D eigenvalue weighted by Gasteiger charge is -3.01. The van der Waals surface area contributed by atoms with Crippen molar-refractivity contribution in [1.29, 1.82) is 0 Å². The molecule has 0 nitrogen and oxygen atoms in total. The van der Waals surface area contributed by atoms with Crippen molar-refractivity contribution in [3.05, 3.63) is 0 Å². The predicted octanol–water partition coefficient (Wildman–Crippen LogP) is 15.3. The van der Waals surface area contributed by atoms with E-state index in [1.807, 2.05) is 25.7 Å². The zero-order chi connectivity index (χ0) is 61.8. The molecule has 0 aromatic carbocycles. The first-order valence-electron chi connectivity index (χ1n) is 52.4. The normalized spacial score (nSPS) is 101. The Morgan fingerprint density at radius 3 is 0.381 bits per heavy atom. The molecule has 0 saturated heterocycles. The fraction of sp³-hybridized carbons (Fsp3) is 1.00. The zero-order valence-electron chi connectivity index (χ0n) is 61.8. The highest BCUT2D eigenvalue weighted by Gasteiger charge is 3.04. The highest BCUT2D eigenvalue weighted by Crippen LogP contribution is 3.07. The van der Waals surface area contributed by atoms with E-state index in [4.69, 9.17) is 0 Å². The van der Waals surface area contributed by atoms with Crippen LogP contribution in [0, 0.1) is 568 Å². The monoisotopic (exact) mass is 1370 g/mol. The van der Waals surface area contributed by atoms with Gasteiger partial charge in [0, 0.05) is 0 Å². The van der Waals surface area contributed by atoms with Crippen LogP contribution in [-0.4, -0.2) is 0 Å². The minimum atomic E-state index is 1.21. The summed E-state index contributed by atoms with van der Waals surface area (Å²) >= 11 is 0. The molecule has 0 N–H and O–H groups in total. The van der Waals surface area contributed by atoms with E-state index in [0.29, 0.717) is 0 Å². The number of hydrogen-bond acceptors (Lipinski definition) is 0. The minimum Gasteiger partial charge on any atom is -0.0499 e. The molecule has 49 fully saturated rings. The first-order chi connectivity index (χ1) is 52.4.